The van der Waals surface area contributed by atoms with E-state index in [9.17, 15) is 5.11 Å². The van der Waals surface area contributed by atoms with Crippen molar-refractivity contribution in [2.75, 3.05) is 10.6 Å². The Labute approximate surface area is 163 Å². The summed E-state index contributed by atoms with van der Waals surface area (Å²) in [6.45, 7) is 7.32. The van der Waals surface area contributed by atoms with Gasteiger partial charge in [-0.2, -0.15) is 4.98 Å². The number of hydrogen-bond acceptors (Lipinski definition) is 5. The molecule has 1 unspecified atom stereocenters. The van der Waals surface area contributed by atoms with Crippen LogP contribution in [0.3, 0.4) is 0 Å². The predicted molar refractivity (Wildman–Crippen MR) is 107 cm³/mol. The van der Waals surface area contributed by atoms with E-state index >= 15 is 0 Å². The first kappa shape index (κ1) is 19.1. The zero-order valence-electron chi connectivity index (χ0n) is 13.0. The summed E-state index contributed by atoms with van der Waals surface area (Å²) < 4.78 is 6.35. The maximum atomic E-state index is 10.1. The topological polar surface area (TPSA) is 70.3 Å². The van der Waals surface area contributed by atoms with Crippen molar-refractivity contribution in [2.24, 2.45) is 0 Å². The lowest BCUT2D eigenvalue weighted by Crippen LogP contribution is -2.28. The van der Waals surface area contributed by atoms with Crippen LogP contribution in [0.1, 0.15) is 18.4 Å². The van der Waals surface area contributed by atoms with E-state index in [0.717, 1.165) is 14.8 Å². The number of aromatic nitrogens is 1. The zero-order chi connectivity index (χ0) is 17.9. The van der Waals surface area contributed by atoms with Crippen molar-refractivity contribution in [3.8, 4) is 0 Å². The molecule has 0 amide bonds. The monoisotopic (exact) mass is 479 g/mol. The van der Waals surface area contributed by atoms with Crippen LogP contribution in [0.5, 0.6) is 0 Å². The van der Waals surface area contributed by atoms with Crippen LogP contribution >= 0.6 is 45.8 Å². The molecule has 0 saturated heterocycles. The molecule has 1 aromatic carbocycles. The number of rotatable bonds is 6. The Balaban J connectivity index is 2.08. The predicted octanol–water partition coefficient (Wildman–Crippen LogP) is 5.20. The largest absolute Gasteiger partial charge is 0.428 e. The summed E-state index contributed by atoms with van der Waals surface area (Å²) in [5.41, 5.74) is 2.03. The highest BCUT2D eigenvalue weighted by Crippen LogP contribution is 2.24. The van der Waals surface area contributed by atoms with Gasteiger partial charge in [-0.15, -0.1) is 0 Å². The number of oxazole rings is 1. The van der Waals surface area contributed by atoms with Gasteiger partial charge in [-0.05, 0) is 66.3 Å². The molecule has 128 valence electrons. The van der Waals surface area contributed by atoms with Gasteiger partial charge in [0, 0.05) is 13.6 Å². The minimum absolute atomic E-state index is 0.175. The van der Waals surface area contributed by atoms with Gasteiger partial charge in [0.1, 0.15) is 11.5 Å². The number of aryl methyl sites for hydroxylation is 1. The fraction of sp³-hybridized carbons (Fsp3) is 0.188. The van der Waals surface area contributed by atoms with Gasteiger partial charge in [-0.3, -0.25) is 5.32 Å². The molecule has 0 radical (unpaired) electrons. The van der Waals surface area contributed by atoms with Crippen LogP contribution < -0.4 is 10.6 Å². The van der Waals surface area contributed by atoms with E-state index in [-0.39, 0.29) is 6.01 Å². The molecule has 2 aromatic rings. The molecule has 1 atom stereocenters. The molecule has 0 aliphatic carbocycles. The summed E-state index contributed by atoms with van der Waals surface area (Å²) in [4.78, 5) is 4.25. The summed E-state index contributed by atoms with van der Waals surface area (Å²) in [5.74, 6) is 0.574. The Morgan fingerprint density at radius 2 is 2.17 bits per heavy atom. The van der Waals surface area contributed by atoms with E-state index in [0.29, 0.717) is 21.5 Å². The summed E-state index contributed by atoms with van der Waals surface area (Å²) in [6.07, 6.45) is 0.571. The zero-order valence-corrected chi connectivity index (χ0v) is 16.7. The number of benzene rings is 1. The minimum atomic E-state index is -1.09. The molecule has 5 nitrogen and oxygen atoms in total. The third-order valence-electron chi connectivity index (χ3n) is 2.99. The van der Waals surface area contributed by atoms with Gasteiger partial charge in [0.25, 0.3) is 6.01 Å². The lowest BCUT2D eigenvalue weighted by atomic mass is 10.2. The molecular formula is C16H16Cl2IN3O2. The third kappa shape index (κ3) is 5.14. The second kappa shape index (κ2) is 8.24. The normalized spacial score (nSPS) is 12.8. The van der Waals surface area contributed by atoms with E-state index in [2.05, 4.69) is 44.8 Å². The van der Waals surface area contributed by atoms with E-state index in [1.165, 1.54) is 0 Å². The summed E-state index contributed by atoms with van der Waals surface area (Å²) >= 11 is 14.1. The molecule has 0 saturated carbocycles. The number of nitrogens with one attached hydrogen (secondary N) is 2. The molecule has 2 rings (SSSR count). The quantitative estimate of drug-likeness (QED) is 0.302. The molecular weight excluding hydrogens is 464 g/mol. The molecule has 24 heavy (non-hydrogen) atoms. The average Bonchev–Trinajstić information content (AvgIpc) is 2.81. The Bertz CT molecular complexity index is 790. The number of nitrogens with zero attached hydrogens (tertiary/aromatic N) is 1. The van der Waals surface area contributed by atoms with Crippen LogP contribution in [-0.4, -0.2) is 16.4 Å². The third-order valence-corrected chi connectivity index (χ3v) is 4.55. The lowest BCUT2D eigenvalue weighted by molar-refractivity contribution is 0.228. The number of anilines is 2. The van der Waals surface area contributed by atoms with Gasteiger partial charge in [-0.1, -0.05) is 29.8 Å². The average molecular weight is 480 g/mol. The lowest BCUT2D eigenvalue weighted by Gasteiger charge is -2.15. The SMILES string of the molecule is C=C(C)/C(Cl)=C\c1nc(NC(O)Nc2ccc(Cl)cc2I)oc1C. The van der Waals surface area contributed by atoms with Crippen LogP contribution in [0.15, 0.2) is 39.8 Å². The summed E-state index contributed by atoms with van der Waals surface area (Å²) in [6, 6.07) is 5.47. The molecule has 3 N–H and O–H groups in total. The Hall–Kier alpha value is -1.22. The second-order valence-electron chi connectivity index (χ2n) is 5.05. The highest BCUT2D eigenvalue weighted by molar-refractivity contribution is 14.1. The number of hydrogen-bond donors (Lipinski definition) is 3. The van der Waals surface area contributed by atoms with Crippen molar-refractivity contribution in [2.45, 2.75) is 20.2 Å². The van der Waals surface area contributed by atoms with Crippen molar-refractivity contribution in [1.29, 1.82) is 0 Å². The maximum Gasteiger partial charge on any atom is 0.298 e. The molecule has 0 aliphatic heterocycles. The molecule has 0 aliphatic rings. The number of allylic oxidation sites excluding steroid dienone is 2. The number of aliphatic hydroxyl groups excluding tert-OH is 1. The van der Waals surface area contributed by atoms with Gasteiger partial charge in [0.15, 0.2) is 0 Å². The first-order valence-corrected chi connectivity index (χ1v) is 8.76. The highest BCUT2D eigenvalue weighted by atomic mass is 127. The molecule has 0 bridgehead atoms. The van der Waals surface area contributed by atoms with Crippen LogP contribution in [-0.2, 0) is 0 Å². The van der Waals surface area contributed by atoms with Crippen molar-refractivity contribution < 1.29 is 9.52 Å². The fourth-order valence-electron chi connectivity index (χ4n) is 1.75. The van der Waals surface area contributed by atoms with E-state index in [4.69, 9.17) is 27.6 Å². The molecule has 1 aromatic heterocycles. The van der Waals surface area contributed by atoms with Crippen LogP contribution in [0.2, 0.25) is 5.02 Å². The second-order valence-corrected chi connectivity index (χ2v) is 7.05. The molecule has 8 heteroatoms. The molecule has 0 fully saturated rings. The Morgan fingerprint density at radius 1 is 1.46 bits per heavy atom. The van der Waals surface area contributed by atoms with Crippen LogP contribution in [0, 0.1) is 10.5 Å². The van der Waals surface area contributed by atoms with E-state index < -0.39 is 6.35 Å². The number of halogens is 3. The molecule has 1 heterocycles. The van der Waals surface area contributed by atoms with Crippen LogP contribution in [0.4, 0.5) is 11.7 Å². The minimum Gasteiger partial charge on any atom is -0.428 e. The van der Waals surface area contributed by atoms with Gasteiger partial charge >= 0.3 is 0 Å². The van der Waals surface area contributed by atoms with Crippen molar-refractivity contribution >= 4 is 63.6 Å². The Kier molecular flexibility index (Phi) is 6.56. The maximum absolute atomic E-state index is 10.1. The fourth-order valence-corrected chi connectivity index (χ4v) is 2.88. The van der Waals surface area contributed by atoms with Gasteiger partial charge < -0.3 is 14.8 Å². The van der Waals surface area contributed by atoms with Gasteiger partial charge in [0.05, 0.1) is 5.69 Å². The smallest absolute Gasteiger partial charge is 0.298 e. The van der Waals surface area contributed by atoms with Crippen molar-refractivity contribution in [3.63, 3.8) is 0 Å². The first-order chi connectivity index (χ1) is 11.3. The van der Waals surface area contributed by atoms with E-state index in [1.54, 1.807) is 38.1 Å². The first-order valence-electron chi connectivity index (χ1n) is 6.93. The van der Waals surface area contributed by atoms with Crippen LogP contribution in [0.25, 0.3) is 6.08 Å². The van der Waals surface area contributed by atoms with Gasteiger partial charge in [-0.25, -0.2) is 0 Å². The van der Waals surface area contributed by atoms with Crippen molar-refractivity contribution in [1.82, 2.24) is 4.98 Å². The summed E-state index contributed by atoms with van der Waals surface area (Å²) in [5, 5.41) is 16.9. The highest BCUT2D eigenvalue weighted by Gasteiger charge is 2.13. The van der Waals surface area contributed by atoms with Crippen molar-refractivity contribution in [3.05, 3.63) is 55.4 Å². The standard InChI is InChI=1S/C16H16Cl2IN3O2/c1-8(2)11(18)7-14-9(3)24-16(21-14)22-15(23)20-13-5-4-10(17)6-12(13)19/h4-7,15,20,23H,1H2,2-3H3,(H,21,22)/b11-7+. The Morgan fingerprint density at radius 3 is 2.79 bits per heavy atom. The van der Waals surface area contributed by atoms with E-state index in [1.807, 2.05) is 0 Å². The molecule has 0 spiro atoms. The summed E-state index contributed by atoms with van der Waals surface area (Å²) in [7, 11) is 0. The van der Waals surface area contributed by atoms with Gasteiger partial charge in [0.2, 0.25) is 6.35 Å². The number of aliphatic hydroxyl groups is 1.